The van der Waals surface area contributed by atoms with Crippen molar-refractivity contribution in [2.75, 3.05) is 43.3 Å². The van der Waals surface area contributed by atoms with Crippen LogP contribution >= 0.6 is 15.9 Å². The van der Waals surface area contributed by atoms with Gasteiger partial charge in [-0.25, -0.2) is 0 Å². The van der Waals surface area contributed by atoms with Gasteiger partial charge in [-0.05, 0) is 330 Å². The summed E-state index contributed by atoms with van der Waals surface area (Å²) in [6.07, 6.45) is 32.5. The van der Waals surface area contributed by atoms with E-state index in [1.165, 1.54) is 179 Å². The number of nitrogens with zero attached hydrogens (tertiary/aromatic N) is 1. The number of nitrogens with one attached hydrogen (secondary N) is 1. The average molecular weight is 1430 g/mol. The summed E-state index contributed by atoms with van der Waals surface area (Å²) >= 11 is 5.92. The monoisotopic (exact) mass is 1430 g/mol. The number of rotatable bonds is 8. The molecule has 2 aromatic rings. The number of Topliss-reactive ketones (excluding diaryl/α,β-unsaturated/α-hetero) is 3. The number of benzene rings is 2. The number of halogens is 1. The standard InChI is InChI=1S/C28H41NO2.C21H33BrO2.C21H34O2.C7H9N.CH4O.2CH4.3K.H/c1-27(31)15-13-21-19(17-27)9-10-23-22(21)14-16-28(2)24(23)11-12-25(28)26(30)18-29(3)20-7-5-4-6-8-20;1-20(24)9-7-14-13(11-20)3-4-16-15(14)8-10-21(2)17(16)5-6-18(21)19(23)12-22;1-13(22)18-6-7-19-17-5-4-14-12-20(2,23)10-8-15(14)16(17)9-11-21(18,19)3;1-8-7-5-3-2-4-6-7;1-2;;;;;;/h4-8,19,21-25,31H,9-18H2,1-3H3;13-18,24H,3-12H2,1-2H3;14-19,23H,4-12H2,1-3H3;2-6,8H,1H3;2H,1H3;2*1H4;;;;/q;;;;;;;;;+1;-1/t19-,21-,22+,23+,24-,25+,27+,28-;13-,14-,15+,16+,17-,18+,20+,21-;14-,15-,16+,17+,18?,19-,20+,21+;;;;;;;;/m000......../s1. The molecule has 0 aliphatic heterocycles. The third kappa shape index (κ3) is 18.7. The van der Waals surface area contributed by atoms with Crippen molar-refractivity contribution in [1.29, 1.82) is 0 Å². The van der Waals surface area contributed by atoms with Gasteiger partial charge in [0.25, 0.3) is 0 Å². The van der Waals surface area contributed by atoms with Gasteiger partial charge >= 0.3 is 115 Å². The summed E-state index contributed by atoms with van der Waals surface area (Å²) in [4.78, 5) is 40.2. The second kappa shape index (κ2) is 36.3. The third-order valence-corrected chi connectivity index (χ3v) is 29.3. The molecular formula is C80H130BrK3N2O7. The molecule has 0 aromatic heterocycles. The fourth-order valence-corrected chi connectivity index (χ4v) is 25.2. The third-order valence-electron chi connectivity index (χ3n) is 28.8. The number of aliphatic hydroxyl groups excluding tert-OH is 1. The molecule has 93 heavy (non-hydrogen) atoms. The molecule has 0 bridgehead atoms. The van der Waals surface area contributed by atoms with Gasteiger partial charge in [0.15, 0.2) is 5.78 Å². The first kappa shape index (κ1) is 84.2. The Morgan fingerprint density at radius 1 is 0.484 bits per heavy atom. The number of carbonyl (C=O) groups is 3. The molecule has 13 heteroatoms. The first-order chi connectivity index (χ1) is 42.9. The Morgan fingerprint density at radius 3 is 1.14 bits per heavy atom. The van der Waals surface area contributed by atoms with Crippen molar-refractivity contribution in [3.63, 3.8) is 0 Å². The van der Waals surface area contributed by atoms with Crippen LogP contribution in [0.5, 0.6) is 0 Å². The molecule has 2 aromatic carbocycles. The van der Waals surface area contributed by atoms with Gasteiger partial charge in [0.1, 0.15) is 11.6 Å². The van der Waals surface area contributed by atoms with Crippen LogP contribution in [0.3, 0.4) is 0 Å². The van der Waals surface area contributed by atoms with Gasteiger partial charge < -0.3 is 32.1 Å². The summed E-state index contributed by atoms with van der Waals surface area (Å²) < 4.78 is 0. The number of fused-ring (bicyclic) bond motifs is 15. The molecule has 12 saturated carbocycles. The summed E-state index contributed by atoms with van der Waals surface area (Å²) in [6.45, 7) is 15.8. The van der Waals surface area contributed by atoms with Gasteiger partial charge in [0.2, 0.25) is 0 Å². The van der Waals surface area contributed by atoms with Gasteiger partial charge in [0, 0.05) is 50.3 Å². The quantitative estimate of drug-likeness (QED) is 0.129. The van der Waals surface area contributed by atoms with Crippen molar-refractivity contribution in [2.24, 2.45) is 123 Å². The maximum absolute atomic E-state index is 13.5. The van der Waals surface area contributed by atoms with Gasteiger partial charge in [0.05, 0.1) is 28.7 Å². The van der Waals surface area contributed by atoms with E-state index >= 15 is 0 Å². The predicted octanol–water partition coefficient (Wildman–Crippen LogP) is 14.2. The molecule has 12 fully saturated rings. The molecule has 0 heterocycles. The van der Waals surface area contributed by atoms with Gasteiger partial charge in [-0.3, -0.25) is 14.4 Å². The van der Waals surface area contributed by atoms with E-state index < -0.39 is 16.8 Å². The second-order valence-corrected chi connectivity index (χ2v) is 34.1. The Bertz CT molecular complexity index is 2670. The van der Waals surface area contributed by atoms with Crippen LogP contribution in [-0.4, -0.2) is 151 Å². The molecule has 0 amide bonds. The number of likely N-dealkylation sites (N-methyl/N-ethyl adjacent to an activating group) is 1. The van der Waals surface area contributed by atoms with E-state index in [4.69, 9.17) is 5.11 Å². The molecule has 5 N–H and O–H groups in total. The molecule has 1 unspecified atom stereocenters. The molecule has 12 aliphatic rings. The maximum atomic E-state index is 13.5. The zero-order valence-corrected chi connectivity index (χ0v) is 70.5. The molecule has 512 valence electrons. The Labute approximate surface area is 665 Å². The summed E-state index contributed by atoms with van der Waals surface area (Å²) in [5, 5.41) is 42.1. The molecule has 0 spiro atoms. The molecule has 24 atom stereocenters. The summed E-state index contributed by atoms with van der Waals surface area (Å²) in [7, 11) is 4.97. The molecule has 0 radical (unpaired) electrons. The minimum atomic E-state index is -0.438. The van der Waals surface area contributed by atoms with E-state index in [2.05, 4.69) is 66.1 Å². The summed E-state index contributed by atoms with van der Waals surface area (Å²) in [6, 6.07) is 20.4. The van der Waals surface area contributed by atoms with Crippen LogP contribution < -0.4 is 61.6 Å². The number of hydrogen-bond donors (Lipinski definition) is 5. The normalized spacial score (nSPS) is 43.3. The van der Waals surface area contributed by atoms with Crippen LogP contribution in [0.15, 0.2) is 60.7 Å². The van der Waals surface area contributed by atoms with E-state index in [0.29, 0.717) is 46.5 Å². The number of aliphatic hydroxyl groups is 4. The van der Waals surface area contributed by atoms with Crippen LogP contribution in [-0.2, 0) is 14.4 Å². The zero-order valence-electron chi connectivity index (χ0n) is 60.5. The number of ketones is 3. The Hall–Kier alpha value is 2.28. The SMILES string of the molecule is C.C.CC(=O)C1CC[C@H]2[C@@H]3CC[C@H]4C[C@](C)(O)CC[C@@H]4[C@H]3CC[C@]12C.CN(CC(=O)[C@H]1CC[C@H]2[C@@H]3CC[C@H]4C[C@](C)(O)CC[C@@H]4[C@H]3CC[C@]12C)c1ccccc1.CNc1ccccc1.CO.C[C@@]1(O)CC[C@H]2[C@@H](CC[C@@H]3[C@@H]2CC[C@]2(C)[C@@H](C(=O)CBr)CC[C@@H]32)C1.[H-].[K+].[K][K]. The second-order valence-electron chi connectivity index (χ2n) is 33.5. The number of anilines is 2. The fraction of sp³-hybridized carbons (Fsp3) is 0.812. The Morgan fingerprint density at radius 2 is 0.806 bits per heavy atom. The van der Waals surface area contributed by atoms with Crippen molar-refractivity contribution in [1.82, 2.24) is 0 Å². The van der Waals surface area contributed by atoms with Crippen molar-refractivity contribution < 1.29 is 87.6 Å². The van der Waals surface area contributed by atoms with E-state index in [-0.39, 0.29) is 84.4 Å². The Kier molecular flexibility index (Phi) is 32.9. The first-order valence-corrected chi connectivity index (χ1v) is 54.2. The number of hydrogen-bond acceptors (Lipinski definition) is 9. The summed E-state index contributed by atoms with van der Waals surface area (Å²) in [5.74, 6) is 14.4. The van der Waals surface area contributed by atoms with E-state index in [9.17, 15) is 29.7 Å². The summed E-state index contributed by atoms with van der Waals surface area (Å²) in [5.41, 5.74) is 1.77. The van der Waals surface area contributed by atoms with Crippen LogP contribution in [0, 0.1) is 123 Å². The van der Waals surface area contributed by atoms with Crippen LogP contribution in [0.25, 0.3) is 0 Å². The molecule has 14 rings (SSSR count). The fourth-order valence-electron chi connectivity index (χ4n) is 24.8. The van der Waals surface area contributed by atoms with E-state index in [0.717, 1.165) is 165 Å². The van der Waals surface area contributed by atoms with Crippen molar-refractivity contribution in [3.8, 4) is 0 Å². The topological polar surface area (TPSA) is 147 Å². The molecule has 0 saturated heterocycles. The predicted molar refractivity (Wildman–Crippen MR) is 388 cm³/mol. The number of para-hydroxylation sites is 2. The molecule has 12 aliphatic carbocycles. The van der Waals surface area contributed by atoms with Crippen LogP contribution in [0.1, 0.15) is 238 Å². The van der Waals surface area contributed by atoms with Crippen molar-refractivity contribution in [3.05, 3.63) is 60.7 Å². The van der Waals surface area contributed by atoms with Gasteiger partial charge in [-0.2, -0.15) is 0 Å². The van der Waals surface area contributed by atoms with E-state index in [1.54, 1.807) is 0 Å². The molecular weight excluding hydrogens is 1300 g/mol. The zero-order chi connectivity index (χ0) is 65.1. The van der Waals surface area contributed by atoms with Crippen LogP contribution in [0.4, 0.5) is 11.4 Å². The van der Waals surface area contributed by atoms with Crippen LogP contribution in [0.2, 0.25) is 0 Å². The van der Waals surface area contributed by atoms with Gasteiger partial charge in [-0.15, -0.1) is 0 Å². The number of carbonyl (C=O) groups excluding carboxylic acids is 3. The van der Waals surface area contributed by atoms with Gasteiger partial charge in [-0.1, -0.05) is 88.0 Å². The van der Waals surface area contributed by atoms with Crippen molar-refractivity contribution >= 4 is 108 Å². The minimum absolute atomic E-state index is 0. The number of alkyl halides is 1. The van der Waals surface area contributed by atoms with E-state index in [1.807, 2.05) is 83.3 Å². The Balaban J connectivity index is 0.000000232. The average Bonchev–Trinajstić information content (AvgIpc) is 1.47. The first-order valence-electron chi connectivity index (χ1n) is 37.1. The van der Waals surface area contributed by atoms with Crippen molar-refractivity contribution in [2.45, 2.75) is 253 Å². The molecule has 9 nitrogen and oxygen atoms in total.